The molecule has 0 spiro atoms. The molecule has 7 nitrogen and oxygen atoms in total. The molecule has 0 aromatic carbocycles. The number of amides is 3. The van der Waals surface area contributed by atoms with Gasteiger partial charge in [-0.15, -0.1) is 0 Å². The summed E-state index contributed by atoms with van der Waals surface area (Å²) in [7, 11) is 0. The lowest BCUT2D eigenvalue weighted by Gasteiger charge is -2.27. The SMILES string of the molecule is CC(C)CNC(=O)NC(=O)C[NH+]1CCN(c2cccc[nH+]2)CC1. The third kappa shape index (κ3) is 5.86. The lowest BCUT2D eigenvalue weighted by atomic mass is 10.2. The molecule has 2 rings (SSSR count). The fourth-order valence-corrected chi connectivity index (χ4v) is 2.56. The smallest absolute Gasteiger partial charge is 0.321 e. The van der Waals surface area contributed by atoms with Crippen molar-refractivity contribution in [2.75, 3.05) is 44.2 Å². The summed E-state index contributed by atoms with van der Waals surface area (Å²) in [5.74, 6) is 1.24. The zero-order chi connectivity index (χ0) is 16.7. The summed E-state index contributed by atoms with van der Waals surface area (Å²) in [6.45, 7) is 8.46. The number of H-pyrrole nitrogens is 1. The van der Waals surface area contributed by atoms with Crippen molar-refractivity contribution in [1.82, 2.24) is 10.6 Å². The van der Waals surface area contributed by atoms with Crippen LogP contribution in [0.2, 0.25) is 0 Å². The van der Waals surface area contributed by atoms with Crippen LogP contribution >= 0.6 is 0 Å². The van der Waals surface area contributed by atoms with E-state index in [1.54, 1.807) is 0 Å². The van der Waals surface area contributed by atoms with Crippen LogP contribution < -0.4 is 25.4 Å². The lowest BCUT2D eigenvalue weighted by Crippen LogP contribution is -3.16. The van der Waals surface area contributed by atoms with Gasteiger partial charge in [-0.2, -0.15) is 0 Å². The summed E-state index contributed by atoms with van der Waals surface area (Å²) in [5.41, 5.74) is 0. The first-order valence-electron chi connectivity index (χ1n) is 8.17. The number of urea groups is 1. The summed E-state index contributed by atoms with van der Waals surface area (Å²) in [5, 5.41) is 5.08. The highest BCUT2D eigenvalue weighted by Gasteiger charge is 2.27. The molecular weight excluding hydrogens is 294 g/mol. The largest absolute Gasteiger partial charge is 0.338 e. The molecule has 126 valence electrons. The van der Waals surface area contributed by atoms with Crippen LogP contribution in [0.15, 0.2) is 24.4 Å². The number of carbonyl (C=O) groups is 2. The van der Waals surface area contributed by atoms with Crippen LogP contribution in [0.4, 0.5) is 10.6 Å². The highest BCUT2D eigenvalue weighted by atomic mass is 16.2. The maximum Gasteiger partial charge on any atom is 0.321 e. The Hall–Kier alpha value is -2.15. The van der Waals surface area contributed by atoms with Gasteiger partial charge in [0.2, 0.25) is 0 Å². The van der Waals surface area contributed by atoms with E-state index < -0.39 is 6.03 Å². The zero-order valence-corrected chi connectivity index (χ0v) is 13.9. The van der Waals surface area contributed by atoms with Crippen molar-refractivity contribution in [3.8, 4) is 0 Å². The predicted molar refractivity (Wildman–Crippen MR) is 87.2 cm³/mol. The Morgan fingerprint density at radius 1 is 1.30 bits per heavy atom. The minimum atomic E-state index is -0.402. The maximum atomic E-state index is 11.9. The quantitative estimate of drug-likeness (QED) is 0.630. The fourth-order valence-electron chi connectivity index (χ4n) is 2.56. The van der Waals surface area contributed by atoms with E-state index >= 15 is 0 Å². The van der Waals surface area contributed by atoms with Gasteiger partial charge in [0.1, 0.15) is 26.2 Å². The van der Waals surface area contributed by atoms with E-state index in [1.165, 1.54) is 4.90 Å². The summed E-state index contributed by atoms with van der Waals surface area (Å²) in [6, 6.07) is 5.62. The molecule has 0 radical (unpaired) electrons. The molecule has 0 atom stereocenters. The number of quaternary nitrogens is 1. The van der Waals surface area contributed by atoms with Crippen LogP contribution in [0.5, 0.6) is 0 Å². The Morgan fingerprint density at radius 3 is 2.65 bits per heavy atom. The number of imide groups is 1. The highest BCUT2D eigenvalue weighted by molar-refractivity contribution is 5.94. The third-order valence-electron chi connectivity index (χ3n) is 3.84. The number of anilines is 1. The number of hydrogen-bond acceptors (Lipinski definition) is 3. The Bertz CT molecular complexity index is 512. The Kier molecular flexibility index (Phi) is 6.34. The Morgan fingerprint density at radius 2 is 2.04 bits per heavy atom. The fraction of sp³-hybridized carbons (Fsp3) is 0.562. The van der Waals surface area contributed by atoms with E-state index in [1.807, 2.05) is 32.2 Å². The second kappa shape index (κ2) is 8.47. The standard InChI is InChI=1S/C16H25N5O2/c1-13(2)11-18-16(23)19-15(22)12-20-7-9-21(10-8-20)14-5-3-4-6-17-14/h3-6,13H,7-12H2,1-2H3,(H2,18,19,22,23)/p+2. The molecule has 0 bridgehead atoms. The molecule has 1 aliphatic rings. The minimum absolute atomic E-state index is 0.221. The average Bonchev–Trinajstić information content (AvgIpc) is 2.54. The van der Waals surface area contributed by atoms with Crippen molar-refractivity contribution in [2.24, 2.45) is 5.92 Å². The van der Waals surface area contributed by atoms with Gasteiger partial charge in [0, 0.05) is 12.6 Å². The molecule has 23 heavy (non-hydrogen) atoms. The second-order valence-electron chi connectivity index (χ2n) is 6.31. The first-order chi connectivity index (χ1) is 11.0. The lowest BCUT2D eigenvalue weighted by molar-refractivity contribution is -0.892. The molecule has 1 saturated heterocycles. The van der Waals surface area contributed by atoms with Crippen molar-refractivity contribution >= 4 is 17.8 Å². The van der Waals surface area contributed by atoms with Crippen LogP contribution in [0.1, 0.15) is 13.8 Å². The van der Waals surface area contributed by atoms with E-state index in [9.17, 15) is 9.59 Å². The van der Waals surface area contributed by atoms with Crippen LogP contribution in [0.25, 0.3) is 0 Å². The molecule has 4 N–H and O–H groups in total. The van der Waals surface area contributed by atoms with E-state index in [0.29, 0.717) is 19.0 Å². The zero-order valence-electron chi connectivity index (χ0n) is 13.9. The normalized spacial score (nSPS) is 15.5. The van der Waals surface area contributed by atoms with Crippen molar-refractivity contribution < 1.29 is 19.5 Å². The maximum absolute atomic E-state index is 11.9. The van der Waals surface area contributed by atoms with E-state index in [2.05, 4.69) is 26.6 Å². The van der Waals surface area contributed by atoms with E-state index in [4.69, 9.17) is 0 Å². The van der Waals surface area contributed by atoms with Crippen molar-refractivity contribution in [1.29, 1.82) is 0 Å². The van der Waals surface area contributed by atoms with Gasteiger partial charge >= 0.3 is 6.03 Å². The van der Waals surface area contributed by atoms with Gasteiger partial charge < -0.3 is 10.2 Å². The van der Waals surface area contributed by atoms with Crippen molar-refractivity contribution in [3.05, 3.63) is 24.4 Å². The van der Waals surface area contributed by atoms with Crippen LogP contribution in [0, 0.1) is 5.92 Å². The number of aromatic amines is 1. The molecule has 1 aliphatic heterocycles. The summed E-state index contributed by atoms with van der Waals surface area (Å²) < 4.78 is 0. The van der Waals surface area contributed by atoms with Gasteiger partial charge in [0.05, 0.1) is 6.20 Å². The van der Waals surface area contributed by atoms with E-state index in [0.717, 1.165) is 32.0 Å². The molecule has 1 aromatic heterocycles. The van der Waals surface area contributed by atoms with Crippen LogP contribution in [-0.4, -0.2) is 51.2 Å². The topological polar surface area (TPSA) is 80.0 Å². The molecule has 0 unspecified atom stereocenters. The van der Waals surface area contributed by atoms with Gasteiger partial charge in [-0.3, -0.25) is 15.0 Å². The molecule has 0 saturated carbocycles. The molecule has 0 aliphatic carbocycles. The Labute approximate surface area is 137 Å². The number of pyridine rings is 1. The molecule has 1 fully saturated rings. The van der Waals surface area contributed by atoms with Gasteiger partial charge in [-0.05, 0) is 12.0 Å². The number of carbonyl (C=O) groups excluding carboxylic acids is 2. The molecule has 2 heterocycles. The predicted octanol–water partition coefficient (Wildman–Crippen LogP) is -1.31. The molecule has 7 heteroatoms. The van der Waals surface area contributed by atoms with Gasteiger partial charge in [0.25, 0.3) is 11.7 Å². The summed E-state index contributed by atoms with van der Waals surface area (Å²) >= 11 is 0. The van der Waals surface area contributed by atoms with Crippen LogP contribution in [-0.2, 0) is 4.79 Å². The number of rotatable bonds is 5. The number of hydrogen-bond donors (Lipinski definition) is 3. The van der Waals surface area contributed by atoms with Crippen LogP contribution in [0.3, 0.4) is 0 Å². The number of aromatic nitrogens is 1. The average molecular weight is 321 g/mol. The Balaban J connectivity index is 1.69. The summed E-state index contributed by atoms with van der Waals surface area (Å²) in [4.78, 5) is 30.2. The number of nitrogens with zero attached hydrogens (tertiary/aromatic N) is 1. The van der Waals surface area contributed by atoms with Gasteiger partial charge in [-0.1, -0.05) is 19.9 Å². The molecule has 3 amide bonds. The second-order valence-corrected chi connectivity index (χ2v) is 6.31. The first-order valence-corrected chi connectivity index (χ1v) is 8.17. The molecule has 1 aromatic rings. The van der Waals surface area contributed by atoms with Crippen molar-refractivity contribution in [3.63, 3.8) is 0 Å². The highest BCUT2D eigenvalue weighted by Crippen LogP contribution is 2.04. The van der Waals surface area contributed by atoms with Gasteiger partial charge in [-0.25, -0.2) is 9.78 Å². The van der Waals surface area contributed by atoms with E-state index in [-0.39, 0.29) is 5.91 Å². The van der Waals surface area contributed by atoms with Gasteiger partial charge in [0.15, 0.2) is 6.54 Å². The number of nitrogens with one attached hydrogen (secondary N) is 4. The molecular formula is C16H27N5O2+2. The minimum Gasteiger partial charge on any atom is -0.338 e. The van der Waals surface area contributed by atoms with Crippen molar-refractivity contribution in [2.45, 2.75) is 13.8 Å². The summed E-state index contributed by atoms with van der Waals surface area (Å²) in [6.07, 6.45) is 1.91. The number of piperazine rings is 1. The first kappa shape index (κ1) is 17.2. The third-order valence-corrected chi connectivity index (χ3v) is 3.84. The monoisotopic (exact) mass is 321 g/mol.